The summed E-state index contributed by atoms with van der Waals surface area (Å²) in [4.78, 5) is 0. The average molecular weight is 267 g/mol. The number of hydrogen-bond donors (Lipinski definition) is 1. The Bertz CT molecular complexity index is 439. The summed E-state index contributed by atoms with van der Waals surface area (Å²) in [5.74, 6) is -0.779. The molecule has 1 rings (SSSR count). The molecule has 0 fully saturated rings. The van der Waals surface area contributed by atoms with Gasteiger partial charge in [0.2, 0.25) is 0 Å². The van der Waals surface area contributed by atoms with Gasteiger partial charge in [0, 0.05) is 0 Å². The minimum atomic E-state index is -4.43. The lowest BCUT2D eigenvalue weighted by Crippen LogP contribution is -2.31. The molecule has 2 nitrogen and oxygen atoms in total. The molecule has 1 unspecified atom stereocenters. The normalized spacial score (nSPS) is 13.2. The van der Waals surface area contributed by atoms with E-state index in [1.807, 2.05) is 5.32 Å². The molecule has 92 valence electrons. The van der Waals surface area contributed by atoms with Gasteiger partial charge in [-0.15, -0.1) is 0 Å². The Hall–Kier alpha value is -1.32. The minimum Gasteiger partial charge on any atom is -0.290 e. The molecule has 0 amide bonds. The average Bonchev–Trinajstić information content (AvgIpc) is 2.22. The molecule has 0 spiro atoms. The van der Waals surface area contributed by atoms with Gasteiger partial charge in [-0.25, -0.2) is 4.39 Å². The third-order valence-electron chi connectivity index (χ3n) is 1.91. The first kappa shape index (κ1) is 13.7. The number of benzene rings is 1. The van der Waals surface area contributed by atoms with Crippen LogP contribution in [0.2, 0.25) is 5.02 Å². The number of nitriles is 1. The van der Waals surface area contributed by atoms with Crippen LogP contribution in [0.4, 0.5) is 17.6 Å². The Morgan fingerprint density at radius 1 is 1.41 bits per heavy atom. The topological polar surface area (TPSA) is 35.8 Å². The van der Waals surface area contributed by atoms with E-state index < -0.39 is 24.6 Å². The Labute approximate surface area is 99.8 Å². The number of rotatable bonds is 3. The van der Waals surface area contributed by atoms with Crippen LogP contribution in [0, 0.1) is 17.1 Å². The molecule has 1 aromatic rings. The van der Waals surface area contributed by atoms with Crippen molar-refractivity contribution in [3.63, 3.8) is 0 Å². The molecule has 0 radical (unpaired) electrons. The molecular formula is C10H7ClF4N2. The minimum absolute atomic E-state index is 0.0960. The van der Waals surface area contributed by atoms with Crippen LogP contribution in [0.1, 0.15) is 11.6 Å². The van der Waals surface area contributed by atoms with Crippen molar-refractivity contribution in [2.45, 2.75) is 12.2 Å². The van der Waals surface area contributed by atoms with Gasteiger partial charge in [-0.3, -0.25) is 5.32 Å². The van der Waals surface area contributed by atoms with Gasteiger partial charge in [0.25, 0.3) is 0 Å². The zero-order valence-electron chi connectivity index (χ0n) is 8.35. The molecule has 1 atom stereocenters. The first-order valence-corrected chi connectivity index (χ1v) is 4.86. The summed E-state index contributed by atoms with van der Waals surface area (Å²) in [6.07, 6.45) is -4.43. The molecule has 1 N–H and O–H groups in total. The van der Waals surface area contributed by atoms with Crippen LogP contribution in [-0.4, -0.2) is 12.7 Å². The summed E-state index contributed by atoms with van der Waals surface area (Å²) < 4.78 is 48.9. The monoisotopic (exact) mass is 266 g/mol. The second kappa shape index (κ2) is 5.34. The smallest absolute Gasteiger partial charge is 0.290 e. The molecule has 7 heteroatoms. The number of hydrogen-bond acceptors (Lipinski definition) is 2. The molecule has 0 aliphatic heterocycles. The molecule has 1 aromatic carbocycles. The predicted octanol–water partition coefficient (Wildman–Crippen LogP) is 3.20. The molecule has 0 aliphatic rings. The van der Waals surface area contributed by atoms with E-state index in [1.54, 1.807) is 6.07 Å². The van der Waals surface area contributed by atoms with E-state index >= 15 is 0 Å². The summed E-state index contributed by atoms with van der Waals surface area (Å²) in [7, 11) is 0. The Balaban J connectivity index is 2.81. The van der Waals surface area contributed by atoms with Crippen LogP contribution < -0.4 is 5.32 Å². The molecule has 17 heavy (non-hydrogen) atoms. The zero-order chi connectivity index (χ0) is 13.1. The van der Waals surface area contributed by atoms with Gasteiger partial charge >= 0.3 is 6.18 Å². The van der Waals surface area contributed by atoms with Crippen molar-refractivity contribution in [2.75, 3.05) is 6.54 Å². The Kier molecular flexibility index (Phi) is 4.32. The summed E-state index contributed by atoms with van der Waals surface area (Å²) >= 11 is 5.42. The molecule has 0 saturated heterocycles. The Morgan fingerprint density at radius 3 is 2.53 bits per heavy atom. The third kappa shape index (κ3) is 4.21. The van der Waals surface area contributed by atoms with Crippen molar-refractivity contribution in [1.29, 1.82) is 5.26 Å². The summed E-state index contributed by atoms with van der Waals surface area (Å²) in [6.45, 7) is -1.32. The van der Waals surface area contributed by atoms with Crippen molar-refractivity contribution in [3.8, 4) is 6.07 Å². The van der Waals surface area contributed by atoms with Gasteiger partial charge in [0.1, 0.15) is 11.9 Å². The summed E-state index contributed by atoms with van der Waals surface area (Å²) in [6, 6.07) is 3.79. The van der Waals surface area contributed by atoms with E-state index in [9.17, 15) is 17.6 Å². The van der Waals surface area contributed by atoms with Gasteiger partial charge in [-0.05, 0) is 17.7 Å². The fourth-order valence-electron chi connectivity index (χ4n) is 1.15. The first-order valence-electron chi connectivity index (χ1n) is 4.48. The lowest BCUT2D eigenvalue weighted by Gasteiger charge is -2.13. The van der Waals surface area contributed by atoms with Gasteiger partial charge < -0.3 is 0 Å². The summed E-state index contributed by atoms with van der Waals surface area (Å²) in [5, 5.41) is 10.5. The van der Waals surface area contributed by atoms with Crippen LogP contribution in [-0.2, 0) is 0 Å². The molecular weight excluding hydrogens is 260 g/mol. The second-order valence-corrected chi connectivity index (χ2v) is 3.64. The highest BCUT2D eigenvalue weighted by molar-refractivity contribution is 6.30. The maximum Gasteiger partial charge on any atom is 0.401 e. The number of nitrogens with zero attached hydrogens (tertiary/aromatic N) is 1. The van der Waals surface area contributed by atoms with E-state index in [4.69, 9.17) is 16.9 Å². The fourth-order valence-corrected chi connectivity index (χ4v) is 1.27. The predicted molar refractivity (Wildman–Crippen MR) is 53.8 cm³/mol. The highest BCUT2D eigenvalue weighted by atomic mass is 35.5. The van der Waals surface area contributed by atoms with E-state index in [2.05, 4.69) is 0 Å². The quantitative estimate of drug-likeness (QED) is 0.853. The highest BCUT2D eigenvalue weighted by Gasteiger charge is 2.28. The van der Waals surface area contributed by atoms with Gasteiger partial charge in [0.15, 0.2) is 0 Å². The molecule has 0 aliphatic carbocycles. The standard InChI is InChI=1S/C10H7ClF4N2/c11-7-2-1-6(3-8(7)12)9(4-16)17-5-10(13,14)15/h1-3,9,17H,5H2. The van der Waals surface area contributed by atoms with E-state index in [0.29, 0.717) is 0 Å². The largest absolute Gasteiger partial charge is 0.401 e. The number of alkyl halides is 3. The van der Waals surface area contributed by atoms with Crippen LogP contribution in [0.5, 0.6) is 0 Å². The lowest BCUT2D eigenvalue weighted by molar-refractivity contribution is -0.125. The first-order chi connectivity index (χ1) is 7.83. The maximum absolute atomic E-state index is 13.1. The van der Waals surface area contributed by atoms with Crippen LogP contribution in [0.3, 0.4) is 0 Å². The Morgan fingerprint density at radius 2 is 2.06 bits per heavy atom. The van der Waals surface area contributed by atoms with Crippen molar-refractivity contribution in [2.24, 2.45) is 0 Å². The van der Waals surface area contributed by atoms with E-state index in [-0.39, 0.29) is 10.6 Å². The number of halogens is 5. The van der Waals surface area contributed by atoms with Gasteiger partial charge in [-0.1, -0.05) is 17.7 Å². The zero-order valence-corrected chi connectivity index (χ0v) is 9.11. The highest BCUT2D eigenvalue weighted by Crippen LogP contribution is 2.21. The fraction of sp³-hybridized carbons (Fsp3) is 0.300. The van der Waals surface area contributed by atoms with E-state index in [0.717, 1.165) is 6.07 Å². The SMILES string of the molecule is N#CC(NCC(F)(F)F)c1ccc(Cl)c(F)c1. The lowest BCUT2D eigenvalue weighted by atomic mass is 10.1. The van der Waals surface area contributed by atoms with E-state index in [1.165, 1.54) is 12.1 Å². The van der Waals surface area contributed by atoms with Gasteiger partial charge in [0.05, 0.1) is 17.6 Å². The van der Waals surface area contributed by atoms with Crippen molar-refractivity contribution < 1.29 is 17.6 Å². The molecule has 0 heterocycles. The second-order valence-electron chi connectivity index (χ2n) is 3.23. The number of nitrogens with one attached hydrogen (secondary N) is 1. The van der Waals surface area contributed by atoms with Crippen LogP contribution in [0.25, 0.3) is 0 Å². The molecule has 0 bridgehead atoms. The molecule has 0 saturated carbocycles. The van der Waals surface area contributed by atoms with Crippen molar-refractivity contribution >= 4 is 11.6 Å². The van der Waals surface area contributed by atoms with Crippen molar-refractivity contribution in [3.05, 3.63) is 34.6 Å². The van der Waals surface area contributed by atoms with Crippen LogP contribution >= 0.6 is 11.6 Å². The summed E-state index contributed by atoms with van der Waals surface area (Å²) in [5.41, 5.74) is 0.0960. The third-order valence-corrected chi connectivity index (χ3v) is 2.22. The van der Waals surface area contributed by atoms with Crippen LogP contribution in [0.15, 0.2) is 18.2 Å². The van der Waals surface area contributed by atoms with Gasteiger partial charge in [-0.2, -0.15) is 18.4 Å². The maximum atomic E-state index is 13.1. The molecule has 0 aromatic heterocycles. The van der Waals surface area contributed by atoms with Crippen molar-refractivity contribution in [1.82, 2.24) is 5.32 Å².